The minimum Gasteiger partial charge on any atom is -0.314 e. The van der Waals surface area contributed by atoms with Crippen molar-refractivity contribution in [3.8, 4) is 0 Å². The number of nitrogens with zero attached hydrogens (tertiary/aromatic N) is 2. The van der Waals surface area contributed by atoms with Crippen LogP contribution >= 0.6 is 11.3 Å². The van der Waals surface area contributed by atoms with Gasteiger partial charge in [-0.15, -0.1) is 11.3 Å². The van der Waals surface area contributed by atoms with Crippen molar-refractivity contribution in [1.29, 1.82) is 0 Å². The molecule has 4 nitrogen and oxygen atoms in total. The second-order valence-corrected chi connectivity index (χ2v) is 5.93. The predicted molar refractivity (Wildman–Crippen MR) is 77.2 cm³/mol. The summed E-state index contributed by atoms with van der Waals surface area (Å²) >= 11 is 1.83. The molecule has 1 saturated heterocycles. The maximum Gasteiger partial charge on any atom is 0.109 e. The number of piperazine rings is 1. The molecule has 102 valence electrons. The lowest BCUT2D eigenvalue weighted by atomic mass is 10.3. The second kappa shape index (κ2) is 7.19. The summed E-state index contributed by atoms with van der Waals surface area (Å²) in [4.78, 5) is 8.37. The summed E-state index contributed by atoms with van der Waals surface area (Å²) in [6.07, 6.45) is 3.10. The lowest BCUT2D eigenvalue weighted by Crippen LogP contribution is -2.45. The molecule has 1 aromatic heterocycles. The number of hydrogen-bond acceptors (Lipinski definition) is 5. The molecular formula is C13H24N4S. The Balaban J connectivity index is 1.69. The molecule has 18 heavy (non-hydrogen) atoms. The van der Waals surface area contributed by atoms with Gasteiger partial charge in [-0.25, -0.2) is 4.98 Å². The van der Waals surface area contributed by atoms with Crippen LogP contribution in [0.15, 0.2) is 6.20 Å². The SMILES string of the molecule is CCc1cnc(C(C)NCCN2CCNCC2)s1. The Morgan fingerprint density at radius 2 is 2.28 bits per heavy atom. The van der Waals surface area contributed by atoms with Gasteiger partial charge in [-0.3, -0.25) is 4.90 Å². The van der Waals surface area contributed by atoms with Crippen LogP contribution in [-0.2, 0) is 6.42 Å². The fraction of sp³-hybridized carbons (Fsp3) is 0.769. The van der Waals surface area contributed by atoms with Gasteiger partial charge in [0.05, 0.1) is 6.04 Å². The fourth-order valence-electron chi connectivity index (χ4n) is 2.15. The number of aryl methyl sites for hydroxylation is 1. The van der Waals surface area contributed by atoms with E-state index in [0.29, 0.717) is 6.04 Å². The van der Waals surface area contributed by atoms with Crippen LogP contribution in [0.4, 0.5) is 0 Å². The van der Waals surface area contributed by atoms with Crippen molar-refractivity contribution in [3.05, 3.63) is 16.1 Å². The molecule has 0 radical (unpaired) electrons. The molecule has 1 atom stereocenters. The van der Waals surface area contributed by atoms with Crippen molar-refractivity contribution >= 4 is 11.3 Å². The highest BCUT2D eigenvalue weighted by Crippen LogP contribution is 2.19. The van der Waals surface area contributed by atoms with Gasteiger partial charge in [0.15, 0.2) is 0 Å². The summed E-state index contributed by atoms with van der Waals surface area (Å²) in [6.45, 7) is 11.2. The number of thiazole rings is 1. The average molecular weight is 268 g/mol. The van der Waals surface area contributed by atoms with Gasteiger partial charge in [0.25, 0.3) is 0 Å². The van der Waals surface area contributed by atoms with Crippen molar-refractivity contribution < 1.29 is 0 Å². The highest BCUT2D eigenvalue weighted by Gasteiger charge is 2.11. The molecular weight excluding hydrogens is 244 g/mol. The Morgan fingerprint density at radius 1 is 1.50 bits per heavy atom. The zero-order valence-corrected chi connectivity index (χ0v) is 12.2. The molecule has 2 heterocycles. The first-order valence-electron chi connectivity index (χ1n) is 6.90. The molecule has 1 fully saturated rings. The van der Waals surface area contributed by atoms with Gasteiger partial charge < -0.3 is 10.6 Å². The highest BCUT2D eigenvalue weighted by atomic mass is 32.1. The van der Waals surface area contributed by atoms with Crippen LogP contribution in [0.5, 0.6) is 0 Å². The van der Waals surface area contributed by atoms with Crippen molar-refractivity contribution in [2.45, 2.75) is 26.3 Å². The fourth-order valence-corrected chi connectivity index (χ4v) is 3.03. The summed E-state index contributed by atoms with van der Waals surface area (Å²) in [6, 6.07) is 0.373. The second-order valence-electron chi connectivity index (χ2n) is 4.79. The number of rotatable bonds is 6. The number of nitrogens with one attached hydrogen (secondary N) is 2. The topological polar surface area (TPSA) is 40.2 Å². The zero-order chi connectivity index (χ0) is 12.8. The quantitative estimate of drug-likeness (QED) is 0.815. The minimum absolute atomic E-state index is 0.373. The third-order valence-electron chi connectivity index (χ3n) is 3.38. The summed E-state index contributed by atoms with van der Waals surface area (Å²) < 4.78 is 0. The first kappa shape index (κ1) is 13.9. The first-order chi connectivity index (χ1) is 8.79. The maximum absolute atomic E-state index is 4.48. The Bertz CT molecular complexity index is 347. The van der Waals surface area contributed by atoms with Gasteiger partial charge >= 0.3 is 0 Å². The molecule has 5 heteroatoms. The van der Waals surface area contributed by atoms with Crippen molar-refractivity contribution in [2.75, 3.05) is 39.3 Å². The molecule has 0 aromatic carbocycles. The summed E-state index contributed by atoms with van der Waals surface area (Å²) in [5, 5.41) is 8.16. The molecule has 2 N–H and O–H groups in total. The van der Waals surface area contributed by atoms with E-state index in [4.69, 9.17) is 0 Å². The normalized spacial score (nSPS) is 19.0. The van der Waals surface area contributed by atoms with Crippen molar-refractivity contribution in [2.24, 2.45) is 0 Å². The van der Waals surface area contributed by atoms with Crippen LogP contribution in [0.2, 0.25) is 0 Å². The first-order valence-corrected chi connectivity index (χ1v) is 7.72. The Kier molecular flexibility index (Phi) is 5.56. The van der Waals surface area contributed by atoms with Crippen LogP contribution in [0, 0.1) is 0 Å². The number of aromatic nitrogens is 1. The van der Waals surface area contributed by atoms with Crippen LogP contribution in [0.1, 0.15) is 29.8 Å². The van der Waals surface area contributed by atoms with Crippen LogP contribution in [-0.4, -0.2) is 49.2 Å². The standard InChI is InChI=1S/C13H24N4S/c1-3-12-10-16-13(18-12)11(2)15-6-9-17-7-4-14-5-8-17/h10-11,14-15H,3-9H2,1-2H3. The van der Waals surface area contributed by atoms with Gasteiger partial charge in [-0.1, -0.05) is 6.92 Å². The molecule has 1 aromatic rings. The molecule has 0 saturated carbocycles. The summed E-state index contributed by atoms with van der Waals surface area (Å²) in [7, 11) is 0. The lowest BCUT2D eigenvalue weighted by Gasteiger charge is -2.27. The molecule has 1 unspecified atom stereocenters. The van der Waals surface area contributed by atoms with Crippen LogP contribution < -0.4 is 10.6 Å². The van der Waals surface area contributed by atoms with E-state index in [1.807, 2.05) is 17.5 Å². The predicted octanol–water partition coefficient (Wildman–Crippen LogP) is 1.26. The Morgan fingerprint density at radius 3 is 2.94 bits per heavy atom. The Labute approximate surface area is 114 Å². The maximum atomic E-state index is 4.48. The minimum atomic E-state index is 0.373. The summed E-state index contributed by atoms with van der Waals surface area (Å²) in [5.74, 6) is 0. The van der Waals surface area contributed by atoms with E-state index in [-0.39, 0.29) is 0 Å². The van der Waals surface area contributed by atoms with E-state index < -0.39 is 0 Å². The molecule has 0 aliphatic carbocycles. The van der Waals surface area contributed by atoms with Gasteiger partial charge in [0, 0.05) is 50.3 Å². The molecule has 1 aliphatic heterocycles. The Hall–Kier alpha value is -0.490. The zero-order valence-electron chi connectivity index (χ0n) is 11.4. The molecule has 0 amide bonds. The molecule has 0 bridgehead atoms. The number of hydrogen-bond donors (Lipinski definition) is 2. The van der Waals surface area contributed by atoms with E-state index in [0.717, 1.165) is 32.6 Å². The van der Waals surface area contributed by atoms with Crippen molar-refractivity contribution in [3.63, 3.8) is 0 Å². The molecule has 1 aliphatic rings. The van der Waals surface area contributed by atoms with Gasteiger partial charge in [0.2, 0.25) is 0 Å². The third-order valence-corrected chi connectivity index (χ3v) is 4.70. The van der Waals surface area contributed by atoms with Gasteiger partial charge in [0.1, 0.15) is 5.01 Å². The van der Waals surface area contributed by atoms with Crippen LogP contribution in [0.3, 0.4) is 0 Å². The monoisotopic (exact) mass is 268 g/mol. The van der Waals surface area contributed by atoms with E-state index in [1.165, 1.54) is 23.0 Å². The van der Waals surface area contributed by atoms with E-state index in [2.05, 4.69) is 34.4 Å². The third kappa shape index (κ3) is 4.02. The lowest BCUT2D eigenvalue weighted by molar-refractivity contribution is 0.238. The smallest absolute Gasteiger partial charge is 0.109 e. The van der Waals surface area contributed by atoms with Gasteiger partial charge in [-0.05, 0) is 13.3 Å². The largest absolute Gasteiger partial charge is 0.314 e. The van der Waals surface area contributed by atoms with Crippen LogP contribution in [0.25, 0.3) is 0 Å². The van der Waals surface area contributed by atoms with E-state index >= 15 is 0 Å². The van der Waals surface area contributed by atoms with E-state index in [1.54, 1.807) is 0 Å². The van der Waals surface area contributed by atoms with Gasteiger partial charge in [-0.2, -0.15) is 0 Å². The summed E-state index contributed by atoms with van der Waals surface area (Å²) in [5.41, 5.74) is 0. The molecule has 0 spiro atoms. The van der Waals surface area contributed by atoms with Crippen molar-refractivity contribution in [1.82, 2.24) is 20.5 Å². The van der Waals surface area contributed by atoms with E-state index in [9.17, 15) is 0 Å². The average Bonchev–Trinajstić information content (AvgIpc) is 2.89. The highest BCUT2D eigenvalue weighted by molar-refractivity contribution is 7.11. The molecule has 2 rings (SSSR count).